The highest BCUT2D eigenvalue weighted by molar-refractivity contribution is 7.09. The van der Waals surface area contributed by atoms with Gasteiger partial charge in [0, 0.05) is 18.5 Å². The first-order valence-corrected chi connectivity index (χ1v) is 10.1. The zero-order chi connectivity index (χ0) is 18.4. The summed E-state index contributed by atoms with van der Waals surface area (Å²) in [7, 11) is 1.99. The molecule has 5 nitrogen and oxygen atoms in total. The third-order valence-corrected chi connectivity index (χ3v) is 5.65. The van der Waals surface area contributed by atoms with Gasteiger partial charge in [0.25, 0.3) is 0 Å². The summed E-state index contributed by atoms with van der Waals surface area (Å²) in [5.41, 5.74) is 2.06. The SMILES string of the molecule is CNCC1CCN(C(=O)Cc2csc(COc3ccc(C)cc3)n2)CC1. The molecule has 140 valence electrons. The summed E-state index contributed by atoms with van der Waals surface area (Å²) in [6, 6.07) is 7.98. The van der Waals surface area contributed by atoms with E-state index in [1.165, 1.54) is 5.56 Å². The number of nitrogens with zero attached hydrogens (tertiary/aromatic N) is 2. The van der Waals surface area contributed by atoms with Gasteiger partial charge in [-0.2, -0.15) is 0 Å². The molecule has 6 heteroatoms. The third kappa shape index (κ3) is 5.29. The second-order valence-electron chi connectivity index (χ2n) is 6.89. The zero-order valence-corrected chi connectivity index (χ0v) is 16.3. The molecular weight excluding hydrogens is 346 g/mol. The van der Waals surface area contributed by atoms with Gasteiger partial charge >= 0.3 is 0 Å². The van der Waals surface area contributed by atoms with Gasteiger partial charge in [0.05, 0.1) is 12.1 Å². The molecule has 1 amide bonds. The molecule has 0 atom stereocenters. The Kier molecular flexibility index (Phi) is 6.63. The van der Waals surface area contributed by atoms with Crippen molar-refractivity contribution in [2.45, 2.75) is 32.8 Å². The Morgan fingerprint density at radius 2 is 2.04 bits per heavy atom. The number of benzene rings is 1. The molecule has 1 N–H and O–H groups in total. The van der Waals surface area contributed by atoms with E-state index in [0.29, 0.717) is 18.9 Å². The number of aryl methyl sites for hydroxylation is 1. The monoisotopic (exact) mass is 373 g/mol. The van der Waals surface area contributed by atoms with Crippen LogP contribution in [0.2, 0.25) is 0 Å². The minimum absolute atomic E-state index is 0.184. The van der Waals surface area contributed by atoms with Crippen LogP contribution in [0.5, 0.6) is 5.75 Å². The van der Waals surface area contributed by atoms with Crippen molar-refractivity contribution < 1.29 is 9.53 Å². The lowest BCUT2D eigenvalue weighted by molar-refractivity contribution is -0.131. The van der Waals surface area contributed by atoms with Crippen LogP contribution < -0.4 is 10.1 Å². The molecule has 0 unspecified atom stereocenters. The highest BCUT2D eigenvalue weighted by Gasteiger charge is 2.22. The van der Waals surface area contributed by atoms with Crippen LogP contribution >= 0.6 is 11.3 Å². The Hall–Kier alpha value is -1.92. The largest absolute Gasteiger partial charge is 0.486 e. The Morgan fingerprint density at radius 1 is 1.31 bits per heavy atom. The van der Waals surface area contributed by atoms with E-state index in [1.807, 2.05) is 41.6 Å². The molecule has 0 aliphatic carbocycles. The van der Waals surface area contributed by atoms with Crippen LogP contribution in [-0.2, 0) is 17.8 Å². The van der Waals surface area contributed by atoms with Crippen LogP contribution in [0.3, 0.4) is 0 Å². The minimum Gasteiger partial charge on any atom is -0.486 e. The lowest BCUT2D eigenvalue weighted by Gasteiger charge is -2.31. The molecule has 0 saturated carbocycles. The number of nitrogens with one attached hydrogen (secondary N) is 1. The van der Waals surface area contributed by atoms with E-state index in [4.69, 9.17) is 4.74 Å². The summed E-state index contributed by atoms with van der Waals surface area (Å²) in [5.74, 6) is 1.71. The highest BCUT2D eigenvalue weighted by Crippen LogP contribution is 2.19. The van der Waals surface area contributed by atoms with E-state index in [-0.39, 0.29) is 5.91 Å². The van der Waals surface area contributed by atoms with Crippen LogP contribution in [0.4, 0.5) is 0 Å². The third-order valence-electron chi connectivity index (χ3n) is 4.77. The van der Waals surface area contributed by atoms with Crippen molar-refractivity contribution in [2.24, 2.45) is 5.92 Å². The van der Waals surface area contributed by atoms with Gasteiger partial charge in [-0.1, -0.05) is 17.7 Å². The first kappa shape index (κ1) is 18.9. The van der Waals surface area contributed by atoms with E-state index in [2.05, 4.69) is 17.2 Å². The number of carbonyl (C=O) groups is 1. The van der Waals surface area contributed by atoms with Gasteiger partial charge in [-0.05, 0) is 51.4 Å². The Labute approximate surface area is 159 Å². The molecule has 1 aliphatic rings. The topological polar surface area (TPSA) is 54.5 Å². The zero-order valence-electron chi connectivity index (χ0n) is 15.5. The summed E-state index contributed by atoms with van der Waals surface area (Å²) < 4.78 is 5.76. The van der Waals surface area contributed by atoms with Crippen molar-refractivity contribution in [3.63, 3.8) is 0 Å². The van der Waals surface area contributed by atoms with E-state index in [1.54, 1.807) is 11.3 Å². The number of piperidine rings is 1. The van der Waals surface area contributed by atoms with Crippen molar-refractivity contribution in [1.82, 2.24) is 15.2 Å². The average molecular weight is 374 g/mol. The van der Waals surface area contributed by atoms with Gasteiger partial charge in [0.15, 0.2) is 0 Å². The number of hydrogen-bond donors (Lipinski definition) is 1. The fourth-order valence-electron chi connectivity index (χ4n) is 3.22. The molecule has 0 bridgehead atoms. The quantitative estimate of drug-likeness (QED) is 0.811. The normalized spacial score (nSPS) is 15.2. The Morgan fingerprint density at radius 3 is 2.73 bits per heavy atom. The van der Waals surface area contributed by atoms with Gasteiger partial charge in [-0.25, -0.2) is 4.98 Å². The molecule has 3 rings (SSSR count). The predicted molar refractivity (Wildman–Crippen MR) is 105 cm³/mol. The summed E-state index contributed by atoms with van der Waals surface area (Å²) in [5, 5.41) is 6.10. The van der Waals surface area contributed by atoms with Crippen LogP contribution in [0.1, 0.15) is 29.1 Å². The molecule has 1 saturated heterocycles. The molecule has 2 heterocycles. The molecule has 1 aliphatic heterocycles. The lowest BCUT2D eigenvalue weighted by Crippen LogP contribution is -2.41. The second kappa shape index (κ2) is 9.14. The van der Waals surface area contributed by atoms with Crippen molar-refractivity contribution in [1.29, 1.82) is 0 Å². The summed E-state index contributed by atoms with van der Waals surface area (Å²) in [6.45, 7) is 5.25. The van der Waals surface area contributed by atoms with Crippen LogP contribution in [-0.4, -0.2) is 42.5 Å². The van der Waals surface area contributed by atoms with Gasteiger partial charge in [0.1, 0.15) is 17.4 Å². The van der Waals surface area contributed by atoms with Crippen molar-refractivity contribution >= 4 is 17.2 Å². The Balaban J connectivity index is 1.46. The lowest BCUT2D eigenvalue weighted by atomic mass is 9.96. The number of carbonyl (C=O) groups excluding carboxylic acids is 1. The van der Waals surface area contributed by atoms with E-state index >= 15 is 0 Å². The van der Waals surface area contributed by atoms with Crippen LogP contribution in [0.15, 0.2) is 29.6 Å². The fourth-order valence-corrected chi connectivity index (χ4v) is 3.92. The number of likely N-dealkylation sites (tertiary alicyclic amines) is 1. The van der Waals surface area contributed by atoms with E-state index in [0.717, 1.165) is 48.9 Å². The molecular formula is C20H27N3O2S. The molecule has 2 aromatic rings. The maximum atomic E-state index is 12.5. The van der Waals surface area contributed by atoms with Gasteiger partial charge in [-0.15, -0.1) is 11.3 Å². The first-order valence-electron chi connectivity index (χ1n) is 9.19. The molecule has 1 fully saturated rings. The second-order valence-corrected chi connectivity index (χ2v) is 7.84. The van der Waals surface area contributed by atoms with Crippen LogP contribution in [0.25, 0.3) is 0 Å². The molecule has 0 radical (unpaired) electrons. The number of thiazole rings is 1. The number of rotatable bonds is 7. The molecule has 0 spiro atoms. The smallest absolute Gasteiger partial charge is 0.228 e. The maximum Gasteiger partial charge on any atom is 0.228 e. The van der Waals surface area contributed by atoms with Gasteiger partial charge < -0.3 is 15.0 Å². The average Bonchev–Trinajstić information content (AvgIpc) is 3.09. The molecule has 1 aromatic heterocycles. The first-order chi connectivity index (χ1) is 12.6. The van der Waals surface area contributed by atoms with Crippen molar-refractivity contribution in [3.05, 3.63) is 45.9 Å². The fraction of sp³-hybridized carbons (Fsp3) is 0.500. The minimum atomic E-state index is 0.184. The molecule has 1 aromatic carbocycles. The standard InChI is InChI=1S/C20H27N3O2S/c1-15-3-5-18(6-4-15)25-13-19-22-17(14-26-19)11-20(24)23-9-7-16(8-10-23)12-21-2/h3-6,14,16,21H,7-13H2,1-2H3. The Bertz CT molecular complexity index is 706. The van der Waals surface area contributed by atoms with Crippen LogP contribution in [0, 0.1) is 12.8 Å². The number of hydrogen-bond acceptors (Lipinski definition) is 5. The van der Waals surface area contributed by atoms with E-state index < -0.39 is 0 Å². The maximum absolute atomic E-state index is 12.5. The van der Waals surface area contributed by atoms with Crippen molar-refractivity contribution in [3.8, 4) is 5.75 Å². The highest BCUT2D eigenvalue weighted by atomic mass is 32.1. The summed E-state index contributed by atoms with van der Waals surface area (Å²) in [4.78, 5) is 19.0. The van der Waals surface area contributed by atoms with Crippen molar-refractivity contribution in [2.75, 3.05) is 26.7 Å². The summed E-state index contributed by atoms with van der Waals surface area (Å²) >= 11 is 1.55. The number of amides is 1. The summed E-state index contributed by atoms with van der Waals surface area (Å²) in [6.07, 6.45) is 2.55. The predicted octanol–water partition coefficient (Wildman–Crippen LogP) is 3.03. The van der Waals surface area contributed by atoms with Gasteiger partial charge in [0.2, 0.25) is 5.91 Å². The number of aromatic nitrogens is 1. The van der Waals surface area contributed by atoms with Gasteiger partial charge in [-0.3, -0.25) is 4.79 Å². The van der Waals surface area contributed by atoms with E-state index in [9.17, 15) is 4.79 Å². The molecule has 26 heavy (non-hydrogen) atoms. The number of ether oxygens (including phenoxy) is 1.